The number of ketones is 1. The first-order chi connectivity index (χ1) is 18.2. The summed E-state index contributed by atoms with van der Waals surface area (Å²) in [6.07, 6.45) is 0.388. The van der Waals surface area contributed by atoms with E-state index in [1.165, 1.54) is 3.97 Å². The zero-order valence-electron chi connectivity index (χ0n) is 23.5. The van der Waals surface area contributed by atoms with E-state index in [2.05, 4.69) is 20.8 Å². The first-order valence-electron chi connectivity index (χ1n) is 13.1. The van der Waals surface area contributed by atoms with Crippen LogP contribution in [0.5, 0.6) is 11.5 Å². The van der Waals surface area contributed by atoms with Crippen LogP contribution in [0.1, 0.15) is 65.0 Å². The Morgan fingerprint density at radius 3 is 2.15 bits per heavy atom. The molecule has 3 heterocycles. The van der Waals surface area contributed by atoms with Crippen LogP contribution in [0.15, 0.2) is 57.8 Å². The molecule has 39 heavy (non-hydrogen) atoms. The fourth-order valence-electron chi connectivity index (χ4n) is 4.78. The minimum absolute atomic E-state index is 0.0435. The third-order valence-corrected chi connectivity index (χ3v) is 8.85. The lowest BCUT2D eigenvalue weighted by atomic mass is 9.87. The quantitative estimate of drug-likeness (QED) is 0.257. The number of hydrogen-bond acceptors (Lipinski definition) is 6. The molecule has 0 bridgehead atoms. The molecular weight excluding hydrogens is 514 g/mol. The van der Waals surface area contributed by atoms with E-state index in [4.69, 9.17) is 13.9 Å². The molecular formula is C31H35NO6S. The second-order valence-corrected chi connectivity index (χ2v) is 14.0. The molecule has 8 heteroatoms. The topological polar surface area (TPSA) is 87.7 Å². The van der Waals surface area contributed by atoms with Crippen molar-refractivity contribution in [3.63, 3.8) is 0 Å². The fraction of sp³-hybridized carbons (Fsp3) is 0.387. The number of nitrogens with zero attached hydrogens (tertiary/aromatic N) is 1. The average Bonchev–Trinajstić information content (AvgIpc) is 3.57. The van der Waals surface area contributed by atoms with Gasteiger partial charge in [0.15, 0.2) is 11.5 Å². The van der Waals surface area contributed by atoms with E-state index in [9.17, 15) is 13.2 Å². The van der Waals surface area contributed by atoms with Gasteiger partial charge >= 0.3 is 0 Å². The molecule has 206 valence electrons. The number of carbonyl (C=O) groups is 1. The number of benzene rings is 2. The number of aromatic nitrogens is 1. The number of hydrogen-bond donors (Lipinski definition) is 0. The summed E-state index contributed by atoms with van der Waals surface area (Å²) in [6, 6.07) is 14.1. The second kappa shape index (κ2) is 9.30. The van der Waals surface area contributed by atoms with Crippen LogP contribution >= 0.6 is 0 Å². The van der Waals surface area contributed by atoms with Crippen molar-refractivity contribution in [3.05, 3.63) is 65.5 Å². The van der Waals surface area contributed by atoms with Gasteiger partial charge in [0.05, 0.1) is 10.4 Å². The van der Waals surface area contributed by atoms with Crippen LogP contribution in [0.25, 0.3) is 22.2 Å². The van der Waals surface area contributed by atoms with Crippen molar-refractivity contribution in [2.24, 2.45) is 5.41 Å². The van der Waals surface area contributed by atoms with Crippen molar-refractivity contribution in [3.8, 4) is 22.8 Å². The van der Waals surface area contributed by atoms with Gasteiger partial charge in [-0.15, -0.1) is 0 Å². The Balaban J connectivity index is 1.83. The van der Waals surface area contributed by atoms with E-state index in [0.717, 1.165) is 11.3 Å². The van der Waals surface area contributed by atoms with Gasteiger partial charge in [0.2, 0.25) is 6.79 Å². The highest BCUT2D eigenvalue weighted by Gasteiger charge is 2.33. The van der Waals surface area contributed by atoms with Gasteiger partial charge in [-0.1, -0.05) is 59.2 Å². The average molecular weight is 550 g/mol. The van der Waals surface area contributed by atoms with Crippen LogP contribution in [-0.2, 0) is 26.7 Å². The van der Waals surface area contributed by atoms with Crippen molar-refractivity contribution < 1.29 is 27.1 Å². The van der Waals surface area contributed by atoms with E-state index < -0.39 is 15.4 Å². The maximum Gasteiger partial charge on any atom is 0.268 e. The number of carbonyl (C=O) groups excluding carboxylic acids is 1. The summed E-state index contributed by atoms with van der Waals surface area (Å²) in [7, 11) is -4.06. The van der Waals surface area contributed by atoms with Crippen LogP contribution in [0, 0.1) is 12.3 Å². The molecule has 1 aliphatic heterocycles. The zero-order chi connectivity index (χ0) is 28.3. The first-order valence-corrected chi connectivity index (χ1v) is 14.5. The predicted octanol–water partition coefficient (Wildman–Crippen LogP) is 7.02. The fourth-order valence-corrected chi connectivity index (χ4v) is 6.35. The highest BCUT2D eigenvalue weighted by atomic mass is 32.2. The molecule has 5 rings (SSSR count). The lowest BCUT2D eigenvalue weighted by molar-refractivity contribution is -0.126. The van der Waals surface area contributed by atoms with Gasteiger partial charge < -0.3 is 13.9 Å². The van der Waals surface area contributed by atoms with Crippen LogP contribution in [0.4, 0.5) is 0 Å². The largest absolute Gasteiger partial charge is 0.460 e. The number of fused-ring (bicyclic) bond motifs is 2. The molecule has 0 N–H and O–H groups in total. The Bertz CT molecular complexity index is 1680. The lowest BCUT2D eigenvalue weighted by Gasteiger charge is -2.18. The highest BCUT2D eigenvalue weighted by Crippen LogP contribution is 2.45. The third-order valence-electron chi connectivity index (χ3n) is 7.09. The van der Waals surface area contributed by atoms with Crippen LogP contribution in [-0.4, -0.2) is 25.0 Å². The number of furan rings is 1. The van der Waals surface area contributed by atoms with E-state index >= 15 is 0 Å². The molecule has 2 aromatic carbocycles. The van der Waals surface area contributed by atoms with E-state index in [1.807, 2.05) is 45.9 Å². The Hall–Kier alpha value is -3.52. The third kappa shape index (κ3) is 4.86. The van der Waals surface area contributed by atoms with Crippen molar-refractivity contribution in [2.45, 2.75) is 71.6 Å². The van der Waals surface area contributed by atoms with E-state index in [-0.39, 0.29) is 35.7 Å². The molecule has 0 fully saturated rings. The summed E-state index contributed by atoms with van der Waals surface area (Å²) >= 11 is 0. The molecule has 0 unspecified atom stereocenters. The minimum atomic E-state index is -4.06. The summed E-state index contributed by atoms with van der Waals surface area (Å²) in [5.74, 6) is 2.37. The highest BCUT2D eigenvalue weighted by molar-refractivity contribution is 7.90. The van der Waals surface area contributed by atoms with Gasteiger partial charge in [0, 0.05) is 40.0 Å². The monoisotopic (exact) mass is 549 g/mol. The van der Waals surface area contributed by atoms with E-state index in [1.54, 1.807) is 30.3 Å². The van der Waals surface area contributed by atoms with Gasteiger partial charge in [0.25, 0.3) is 10.0 Å². The molecule has 7 nitrogen and oxygen atoms in total. The summed E-state index contributed by atoms with van der Waals surface area (Å²) in [6.45, 7) is 13.8. The predicted molar refractivity (Wildman–Crippen MR) is 151 cm³/mol. The van der Waals surface area contributed by atoms with Crippen LogP contribution in [0.2, 0.25) is 0 Å². The molecule has 0 aliphatic carbocycles. The molecule has 1 aliphatic rings. The molecule has 0 radical (unpaired) electrons. The smallest absolute Gasteiger partial charge is 0.268 e. The Labute approximate surface area is 229 Å². The van der Waals surface area contributed by atoms with Crippen molar-refractivity contribution in [1.29, 1.82) is 0 Å². The number of aryl methyl sites for hydroxylation is 1. The molecule has 0 amide bonds. The maximum absolute atomic E-state index is 14.3. The second-order valence-electron chi connectivity index (χ2n) is 12.2. The SMILES string of the molecule is Cc1ccc(S(=O)(=O)n2c(CCC(=O)C(C)(C)C)c(-c3ccc(C(C)(C)C)o3)c3cc4c(cc32)OCO4)cc1. The van der Waals surface area contributed by atoms with Gasteiger partial charge in [-0.2, -0.15) is 0 Å². The summed E-state index contributed by atoms with van der Waals surface area (Å²) < 4.78 is 47.6. The Morgan fingerprint density at radius 1 is 0.923 bits per heavy atom. The van der Waals surface area contributed by atoms with Gasteiger partial charge in [-0.05, 0) is 43.7 Å². The maximum atomic E-state index is 14.3. The summed E-state index contributed by atoms with van der Waals surface area (Å²) in [5, 5.41) is 0.656. The summed E-state index contributed by atoms with van der Waals surface area (Å²) in [5.41, 5.74) is 1.72. The molecule has 0 atom stereocenters. The summed E-state index contributed by atoms with van der Waals surface area (Å²) in [4.78, 5) is 13.2. The number of Topliss-reactive ketones (excluding diaryl/α,β-unsaturated/α-hetero) is 1. The van der Waals surface area contributed by atoms with Crippen LogP contribution < -0.4 is 9.47 Å². The number of ether oxygens (including phenoxy) is 2. The molecule has 0 saturated heterocycles. The standard InChI is InChI=1S/C31H35NO6S/c1-19-8-10-20(11-9-19)39(34,35)32-22(12-14-27(33)30(2,3)4)29(24-13-15-28(38-24)31(5,6)7)21-16-25-26(17-23(21)32)37-18-36-25/h8-11,13,15-17H,12,14,18H2,1-7H3. The Kier molecular flexibility index (Phi) is 6.45. The van der Waals surface area contributed by atoms with E-state index in [0.29, 0.717) is 39.4 Å². The normalized spacial score (nSPS) is 13.8. The molecule has 0 spiro atoms. The number of rotatable bonds is 6. The van der Waals surface area contributed by atoms with Crippen molar-refractivity contribution in [2.75, 3.05) is 6.79 Å². The minimum Gasteiger partial charge on any atom is -0.460 e. The van der Waals surface area contributed by atoms with Gasteiger partial charge in [-0.25, -0.2) is 12.4 Å². The molecule has 4 aromatic rings. The molecule has 0 saturated carbocycles. The molecule has 2 aromatic heterocycles. The van der Waals surface area contributed by atoms with Crippen LogP contribution in [0.3, 0.4) is 0 Å². The van der Waals surface area contributed by atoms with Crippen molar-refractivity contribution in [1.82, 2.24) is 3.97 Å². The first kappa shape index (κ1) is 27.1. The van der Waals surface area contributed by atoms with Gasteiger partial charge in [-0.3, -0.25) is 4.79 Å². The van der Waals surface area contributed by atoms with Crippen molar-refractivity contribution >= 4 is 26.7 Å². The Morgan fingerprint density at radius 2 is 1.56 bits per heavy atom. The lowest BCUT2D eigenvalue weighted by Crippen LogP contribution is -2.22. The zero-order valence-corrected chi connectivity index (χ0v) is 24.4. The van der Waals surface area contributed by atoms with Gasteiger partial charge in [0.1, 0.15) is 17.3 Å².